The molecule has 0 aliphatic rings. The van der Waals surface area contributed by atoms with Crippen LogP contribution in [0.5, 0.6) is 5.75 Å². The van der Waals surface area contributed by atoms with Crippen molar-refractivity contribution in [1.29, 1.82) is 0 Å². The van der Waals surface area contributed by atoms with Gasteiger partial charge in [-0.2, -0.15) is 0 Å². The van der Waals surface area contributed by atoms with Crippen molar-refractivity contribution in [2.45, 2.75) is 6.92 Å². The Kier molecular flexibility index (Phi) is 4.14. The molecule has 0 radical (unpaired) electrons. The van der Waals surface area contributed by atoms with Gasteiger partial charge in [0, 0.05) is 5.56 Å². The van der Waals surface area contributed by atoms with Crippen LogP contribution in [0.1, 0.15) is 21.5 Å². The first-order chi connectivity index (χ1) is 9.19. The van der Waals surface area contributed by atoms with Gasteiger partial charge in [0.2, 0.25) is 0 Å². The lowest BCUT2D eigenvalue weighted by Crippen LogP contribution is -1.94. The molecule has 0 saturated carbocycles. The lowest BCUT2D eigenvalue weighted by Gasteiger charge is -2.01. The van der Waals surface area contributed by atoms with Gasteiger partial charge in [0.05, 0.1) is 7.11 Å². The maximum atomic E-state index is 12.0. The number of carbonyl (C=O) groups excluding carboxylic acids is 1. The molecule has 0 atom stereocenters. The second-order valence-electron chi connectivity index (χ2n) is 4.34. The van der Waals surface area contributed by atoms with Crippen LogP contribution in [-0.4, -0.2) is 12.9 Å². The molecular weight excluding hydrogens is 236 g/mol. The maximum absolute atomic E-state index is 12.0. The number of benzene rings is 2. The Balaban J connectivity index is 2.16. The monoisotopic (exact) mass is 252 g/mol. The molecule has 0 aliphatic heterocycles. The van der Waals surface area contributed by atoms with Gasteiger partial charge in [0.1, 0.15) is 5.75 Å². The highest BCUT2D eigenvalue weighted by Gasteiger charge is 2.02. The zero-order chi connectivity index (χ0) is 13.7. The third-order valence-electron chi connectivity index (χ3n) is 2.82. The third kappa shape index (κ3) is 3.55. The fourth-order valence-electron chi connectivity index (χ4n) is 1.82. The van der Waals surface area contributed by atoms with Gasteiger partial charge in [-0.3, -0.25) is 4.79 Å². The molecule has 0 unspecified atom stereocenters. The molecule has 96 valence electrons. The van der Waals surface area contributed by atoms with Crippen LogP contribution in [0.15, 0.2) is 54.6 Å². The molecule has 2 heteroatoms. The quantitative estimate of drug-likeness (QED) is 0.609. The van der Waals surface area contributed by atoms with Crippen molar-refractivity contribution in [3.8, 4) is 5.75 Å². The van der Waals surface area contributed by atoms with Crippen LogP contribution in [0.2, 0.25) is 0 Å². The molecule has 0 amide bonds. The van der Waals surface area contributed by atoms with Gasteiger partial charge in [-0.1, -0.05) is 48.0 Å². The van der Waals surface area contributed by atoms with E-state index >= 15 is 0 Å². The number of aryl methyl sites for hydroxylation is 1. The summed E-state index contributed by atoms with van der Waals surface area (Å²) < 4.78 is 5.11. The van der Waals surface area contributed by atoms with E-state index in [1.165, 1.54) is 5.56 Å². The second kappa shape index (κ2) is 6.01. The molecule has 19 heavy (non-hydrogen) atoms. The summed E-state index contributed by atoms with van der Waals surface area (Å²) in [7, 11) is 1.59. The molecular formula is C17H16O2. The summed E-state index contributed by atoms with van der Waals surface area (Å²) >= 11 is 0. The minimum Gasteiger partial charge on any atom is -0.497 e. The second-order valence-corrected chi connectivity index (χ2v) is 4.34. The van der Waals surface area contributed by atoms with Crippen molar-refractivity contribution in [3.63, 3.8) is 0 Å². The van der Waals surface area contributed by atoms with E-state index in [1.54, 1.807) is 25.3 Å². The molecule has 0 aromatic heterocycles. The molecule has 0 fully saturated rings. The molecule has 0 heterocycles. The molecule has 2 nitrogen and oxygen atoms in total. The molecule has 2 aromatic carbocycles. The topological polar surface area (TPSA) is 26.3 Å². The molecule has 2 rings (SSSR count). The summed E-state index contributed by atoms with van der Waals surface area (Å²) in [5, 5.41) is 0. The Morgan fingerprint density at radius 3 is 2.63 bits per heavy atom. The molecule has 0 saturated heterocycles. The normalized spacial score (nSPS) is 10.6. The van der Waals surface area contributed by atoms with Gasteiger partial charge in [-0.25, -0.2) is 0 Å². The van der Waals surface area contributed by atoms with Gasteiger partial charge in [0.15, 0.2) is 5.78 Å². The third-order valence-corrected chi connectivity index (χ3v) is 2.82. The van der Waals surface area contributed by atoms with Crippen LogP contribution in [-0.2, 0) is 0 Å². The molecule has 0 spiro atoms. The highest BCUT2D eigenvalue weighted by atomic mass is 16.5. The highest BCUT2D eigenvalue weighted by Crippen LogP contribution is 2.14. The first kappa shape index (κ1) is 13.1. The molecule has 0 bridgehead atoms. The number of hydrogen-bond donors (Lipinski definition) is 0. The fourth-order valence-corrected chi connectivity index (χ4v) is 1.82. The van der Waals surface area contributed by atoms with Gasteiger partial charge < -0.3 is 4.74 Å². The Hall–Kier alpha value is -2.35. The molecule has 0 aliphatic carbocycles. The number of carbonyl (C=O) groups is 1. The molecule has 0 N–H and O–H groups in total. The number of allylic oxidation sites excluding steroid dienone is 1. The van der Waals surface area contributed by atoms with E-state index in [2.05, 4.69) is 0 Å². The van der Waals surface area contributed by atoms with Crippen molar-refractivity contribution in [2.75, 3.05) is 7.11 Å². The Bertz CT molecular complexity index is 612. The van der Waals surface area contributed by atoms with Crippen molar-refractivity contribution < 1.29 is 9.53 Å². The first-order valence-corrected chi connectivity index (χ1v) is 6.12. The SMILES string of the molecule is COc1cccc(C(=O)/C=C/c2cccc(C)c2)c1. The van der Waals surface area contributed by atoms with E-state index in [0.29, 0.717) is 11.3 Å². The van der Waals surface area contributed by atoms with Gasteiger partial charge in [-0.05, 0) is 30.7 Å². The number of rotatable bonds is 4. The smallest absolute Gasteiger partial charge is 0.185 e. The van der Waals surface area contributed by atoms with Crippen molar-refractivity contribution in [3.05, 3.63) is 71.3 Å². The van der Waals surface area contributed by atoms with Crippen LogP contribution in [0, 0.1) is 6.92 Å². The predicted octanol–water partition coefficient (Wildman–Crippen LogP) is 3.90. The largest absolute Gasteiger partial charge is 0.497 e. The lowest BCUT2D eigenvalue weighted by atomic mass is 10.1. The number of ether oxygens (including phenoxy) is 1. The van der Waals surface area contributed by atoms with Gasteiger partial charge in [0.25, 0.3) is 0 Å². The highest BCUT2D eigenvalue weighted by molar-refractivity contribution is 6.07. The summed E-state index contributed by atoms with van der Waals surface area (Å²) in [5.74, 6) is 0.662. The van der Waals surface area contributed by atoms with E-state index in [9.17, 15) is 4.79 Å². The summed E-state index contributed by atoms with van der Waals surface area (Å²) in [6.07, 6.45) is 3.42. The zero-order valence-corrected chi connectivity index (χ0v) is 11.1. The summed E-state index contributed by atoms with van der Waals surface area (Å²) in [5.41, 5.74) is 2.83. The van der Waals surface area contributed by atoms with Crippen LogP contribution >= 0.6 is 0 Å². The number of hydrogen-bond acceptors (Lipinski definition) is 2. The van der Waals surface area contributed by atoms with Crippen molar-refractivity contribution in [2.24, 2.45) is 0 Å². The Morgan fingerprint density at radius 1 is 1.11 bits per heavy atom. The van der Waals surface area contributed by atoms with E-state index in [4.69, 9.17) is 4.74 Å². The maximum Gasteiger partial charge on any atom is 0.185 e. The van der Waals surface area contributed by atoms with E-state index in [1.807, 2.05) is 49.4 Å². The van der Waals surface area contributed by atoms with Crippen LogP contribution in [0.25, 0.3) is 6.08 Å². The minimum atomic E-state index is -0.0274. The Labute approximate surface area is 113 Å². The van der Waals surface area contributed by atoms with E-state index in [-0.39, 0.29) is 5.78 Å². The minimum absolute atomic E-state index is 0.0274. The van der Waals surface area contributed by atoms with Gasteiger partial charge >= 0.3 is 0 Å². The van der Waals surface area contributed by atoms with Crippen LogP contribution in [0.3, 0.4) is 0 Å². The fraction of sp³-hybridized carbons (Fsp3) is 0.118. The summed E-state index contributed by atoms with van der Waals surface area (Å²) in [6.45, 7) is 2.03. The van der Waals surface area contributed by atoms with Gasteiger partial charge in [-0.15, -0.1) is 0 Å². The van der Waals surface area contributed by atoms with E-state index in [0.717, 1.165) is 5.56 Å². The van der Waals surface area contributed by atoms with Crippen molar-refractivity contribution >= 4 is 11.9 Å². The van der Waals surface area contributed by atoms with Crippen LogP contribution in [0.4, 0.5) is 0 Å². The average molecular weight is 252 g/mol. The van der Waals surface area contributed by atoms with Crippen molar-refractivity contribution in [1.82, 2.24) is 0 Å². The number of ketones is 1. The van der Waals surface area contributed by atoms with Crippen LogP contribution < -0.4 is 4.74 Å². The predicted molar refractivity (Wildman–Crippen MR) is 77.5 cm³/mol. The van der Waals surface area contributed by atoms with E-state index < -0.39 is 0 Å². The first-order valence-electron chi connectivity index (χ1n) is 6.12. The standard InChI is InChI=1S/C17H16O2/c1-13-5-3-6-14(11-13)9-10-17(18)15-7-4-8-16(12-15)19-2/h3-12H,1-2H3/b10-9+. The number of methoxy groups -OCH3 is 1. The lowest BCUT2D eigenvalue weighted by molar-refractivity contribution is 0.104. The summed E-state index contributed by atoms with van der Waals surface area (Å²) in [6, 6.07) is 15.2. The average Bonchev–Trinajstić information content (AvgIpc) is 2.45. The zero-order valence-electron chi connectivity index (χ0n) is 11.1. The summed E-state index contributed by atoms with van der Waals surface area (Å²) in [4.78, 5) is 12.0. The Morgan fingerprint density at radius 2 is 1.89 bits per heavy atom. The molecule has 2 aromatic rings.